The summed E-state index contributed by atoms with van der Waals surface area (Å²) in [5, 5.41) is 0. The maximum Gasteiger partial charge on any atom is 0.308 e. The second kappa shape index (κ2) is 14.6. The smallest absolute Gasteiger partial charge is 0.308 e. The van der Waals surface area contributed by atoms with Gasteiger partial charge in [0, 0.05) is 0 Å². The summed E-state index contributed by atoms with van der Waals surface area (Å²) in [4.78, 5) is 11.9. The lowest BCUT2D eigenvalue weighted by Crippen LogP contribution is -2.09. The van der Waals surface area contributed by atoms with Gasteiger partial charge in [-0.05, 0) is 12.0 Å². The number of carbonyl (C=O) groups is 1. The van der Waals surface area contributed by atoms with Crippen molar-refractivity contribution in [2.75, 3.05) is 0 Å². The van der Waals surface area contributed by atoms with Crippen LogP contribution in [0.15, 0.2) is 30.3 Å². The van der Waals surface area contributed by atoms with E-state index in [-0.39, 0.29) is 18.2 Å². The zero-order valence-corrected chi connectivity index (χ0v) is 17.9. The Hall–Kier alpha value is -1.35. The van der Waals surface area contributed by atoms with Crippen LogP contribution in [0.5, 0.6) is 0 Å². The minimum absolute atomic E-state index is 0.0935. The van der Waals surface area contributed by atoms with Crippen molar-refractivity contribution in [2.45, 2.75) is 116 Å². The highest BCUT2D eigenvalue weighted by Gasteiger charge is 2.39. The molecule has 0 amide bonds. The molecular weight excluding hydrogens is 348 g/mol. The average Bonchev–Trinajstić information content (AvgIpc) is 3.45. The van der Waals surface area contributed by atoms with Crippen LogP contribution in [-0.2, 0) is 20.9 Å². The summed E-state index contributed by atoms with van der Waals surface area (Å²) in [6.45, 7) is 2.63. The molecule has 1 aromatic carbocycles. The summed E-state index contributed by atoms with van der Waals surface area (Å²) in [5.41, 5.74) is 1.03. The molecule has 1 fully saturated rings. The number of hydrogen-bond acceptors (Lipinski definition) is 3. The van der Waals surface area contributed by atoms with Crippen molar-refractivity contribution in [3.05, 3.63) is 35.9 Å². The SMILES string of the molecule is CCCCCCCCCCCCCCC1OC1CC(=O)OCc1ccccc1. The standard InChI is InChI=1S/C25H40O3/c1-2-3-4-5-6-7-8-9-10-11-12-16-19-23-24(28-23)20-25(26)27-21-22-17-14-13-15-18-22/h13-15,17-18,23-24H,2-12,16,19-21H2,1H3. The molecule has 0 aliphatic carbocycles. The normalized spacial score (nSPS) is 18.2. The molecule has 1 aliphatic rings. The molecule has 0 bridgehead atoms. The Balaban J connectivity index is 1.34. The molecule has 2 atom stereocenters. The molecule has 1 heterocycles. The van der Waals surface area contributed by atoms with Crippen molar-refractivity contribution in [3.63, 3.8) is 0 Å². The molecule has 158 valence electrons. The van der Waals surface area contributed by atoms with E-state index in [1.165, 1.54) is 77.0 Å². The van der Waals surface area contributed by atoms with Crippen LogP contribution in [0.3, 0.4) is 0 Å². The molecular formula is C25H40O3. The van der Waals surface area contributed by atoms with Crippen molar-refractivity contribution in [1.29, 1.82) is 0 Å². The molecule has 0 radical (unpaired) electrons. The summed E-state index contributed by atoms with van der Waals surface area (Å²) in [6.07, 6.45) is 18.3. The van der Waals surface area contributed by atoms with E-state index in [1.807, 2.05) is 30.3 Å². The van der Waals surface area contributed by atoms with Crippen LogP contribution in [0.1, 0.15) is 102 Å². The molecule has 0 N–H and O–H groups in total. The maximum atomic E-state index is 11.9. The van der Waals surface area contributed by atoms with Crippen LogP contribution >= 0.6 is 0 Å². The number of benzene rings is 1. The van der Waals surface area contributed by atoms with Crippen molar-refractivity contribution < 1.29 is 14.3 Å². The molecule has 0 saturated carbocycles. The van der Waals surface area contributed by atoms with Gasteiger partial charge >= 0.3 is 5.97 Å². The Morgan fingerprint density at radius 1 is 0.821 bits per heavy atom. The Labute approximate surface area is 172 Å². The lowest BCUT2D eigenvalue weighted by Gasteiger charge is -2.03. The van der Waals surface area contributed by atoms with E-state index in [0.29, 0.717) is 13.0 Å². The fourth-order valence-electron chi connectivity index (χ4n) is 3.76. The van der Waals surface area contributed by atoms with E-state index < -0.39 is 0 Å². The molecule has 3 nitrogen and oxygen atoms in total. The molecule has 1 saturated heterocycles. The third kappa shape index (κ3) is 10.8. The van der Waals surface area contributed by atoms with Gasteiger partial charge in [-0.3, -0.25) is 4.79 Å². The number of rotatable bonds is 17. The van der Waals surface area contributed by atoms with Gasteiger partial charge in [-0.25, -0.2) is 0 Å². The van der Waals surface area contributed by atoms with Gasteiger partial charge in [-0.15, -0.1) is 0 Å². The first-order valence-electron chi connectivity index (χ1n) is 11.6. The second-order valence-electron chi connectivity index (χ2n) is 8.24. The van der Waals surface area contributed by atoms with E-state index in [4.69, 9.17) is 9.47 Å². The Morgan fingerprint density at radius 2 is 1.39 bits per heavy atom. The van der Waals surface area contributed by atoms with Crippen LogP contribution in [0.4, 0.5) is 0 Å². The highest BCUT2D eigenvalue weighted by molar-refractivity contribution is 5.70. The van der Waals surface area contributed by atoms with Gasteiger partial charge in [0.2, 0.25) is 0 Å². The molecule has 0 spiro atoms. The monoisotopic (exact) mass is 388 g/mol. The number of hydrogen-bond donors (Lipinski definition) is 0. The lowest BCUT2D eigenvalue weighted by atomic mass is 10.0. The molecule has 3 heteroatoms. The minimum atomic E-state index is -0.147. The summed E-state index contributed by atoms with van der Waals surface area (Å²) in [6, 6.07) is 9.81. The van der Waals surface area contributed by atoms with Gasteiger partial charge in [0.1, 0.15) is 6.61 Å². The fourth-order valence-corrected chi connectivity index (χ4v) is 3.76. The summed E-state index contributed by atoms with van der Waals surface area (Å²) < 4.78 is 11.0. The Morgan fingerprint density at radius 3 is 2.00 bits per heavy atom. The topological polar surface area (TPSA) is 38.8 Å². The van der Waals surface area contributed by atoms with Crippen LogP contribution < -0.4 is 0 Å². The van der Waals surface area contributed by atoms with E-state index in [1.54, 1.807) is 0 Å². The fraction of sp³-hybridized carbons (Fsp3) is 0.720. The Kier molecular flexibility index (Phi) is 12.0. The number of unbranched alkanes of at least 4 members (excludes halogenated alkanes) is 11. The van der Waals surface area contributed by atoms with Gasteiger partial charge in [0.25, 0.3) is 0 Å². The zero-order chi connectivity index (χ0) is 19.9. The third-order valence-corrected chi connectivity index (χ3v) is 5.64. The van der Waals surface area contributed by atoms with E-state index >= 15 is 0 Å². The molecule has 28 heavy (non-hydrogen) atoms. The molecule has 1 aromatic rings. The quantitative estimate of drug-likeness (QED) is 0.164. The van der Waals surface area contributed by atoms with Gasteiger partial charge in [0.15, 0.2) is 0 Å². The Bertz CT molecular complexity index is 514. The van der Waals surface area contributed by atoms with Crippen LogP contribution in [0.2, 0.25) is 0 Å². The largest absolute Gasteiger partial charge is 0.461 e. The van der Waals surface area contributed by atoms with Crippen molar-refractivity contribution in [1.82, 2.24) is 0 Å². The van der Waals surface area contributed by atoms with E-state index in [2.05, 4.69) is 6.92 Å². The summed E-state index contributed by atoms with van der Waals surface area (Å²) in [7, 11) is 0. The molecule has 0 aromatic heterocycles. The predicted octanol–water partition coefficient (Wildman–Crippen LogP) is 6.98. The van der Waals surface area contributed by atoms with E-state index in [0.717, 1.165) is 12.0 Å². The first-order valence-corrected chi connectivity index (χ1v) is 11.6. The molecule has 1 aliphatic heterocycles. The molecule has 2 rings (SSSR count). The van der Waals surface area contributed by atoms with Gasteiger partial charge in [-0.2, -0.15) is 0 Å². The predicted molar refractivity (Wildman–Crippen MR) is 115 cm³/mol. The number of ether oxygens (including phenoxy) is 2. The van der Waals surface area contributed by atoms with Gasteiger partial charge in [-0.1, -0.05) is 114 Å². The molecule has 2 unspecified atom stereocenters. The number of carbonyl (C=O) groups excluding carboxylic acids is 1. The van der Waals surface area contributed by atoms with Crippen LogP contribution in [0, 0.1) is 0 Å². The second-order valence-corrected chi connectivity index (χ2v) is 8.24. The van der Waals surface area contributed by atoms with Crippen molar-refractivity contribution >= 4 is 5.97 Å². The van der Waals surface area contributed by atoms with E-state index in [9.17, 15) is 4.79 Å². The number of esters is 1. The van der Waals surface area contributed by atoms with Crippen molar-refractivity contribution in [3.8, 4) is 0 Å². The zero-order valence-electron chi connectivity index (χ0n) is 17.9. The highest BCUT2D eigenvalue weighted by atomic mass is 16.6. The van der Waals surface area contributed by atoms with Crippen molar-refractivity contribution in [2.24, 2.45) is 0 Å². The first-order chi connectivity index (χ1) is 13.8. The summed E-state index contributed by atoms with van der Waals surface area (Å²) >= 11 is 0. The van der Waals surface area contributed by atoms with Gasteiger partial charge < -0.3 is 9.47 Å². The lowest BCUT2D eigenvalue weighted by molar-refractivity contribution is -0.145. The summed E-state index contributed by atoms with van der Waals surface area (Å²) in [5.74, 6) is -0.147. The van der Waals surface area contributed by atoms with Gasteiger partial charge in [0.05, 0.1) is 18.6 Å². The third-order valence-electron chi connectivity index (χ3n) is 5.64. The maximum absolute atomic E-state index is 11.9. The highest BCUT2D eigenvalue weighted by Crippen LogP contribution is 2.30. The van der Waals surface area contributed by atoms with Crippen LogP contribution in [0.25, 0.3) is 0 Å². The average molecular weight is 389 g/mol. The first kappa shape index (κ1) is 22.9. The van der Waals surface area contributed by atoms with Crippen LogP contribution in [-0.4, -0.2) is 18.2 Å². The minimum Gasteiger partial charge on any atom is -0.461 e. The number of epoxide rings is 1.